The third kappa shape index (κ3) is 4.37. The lowest BCUT2D eigenvalue weighted by Gasteiger charge is -2.30. The van der Waals surface area contributed by atoms with Crippen molar-refractivity contribution in [3.63, 3.8) is 0 Å². The summed E-state index contributed by atoms with van der Waals surface area (Å²) in [6.07, 6.45) is 8.75. The van der Waals surface area contributed by atoms with E-state index in [2.05, 4.69) is 43.8 Å². The van der Waals surface area contributed by atoms with Crippen molar-refractivity contribution < 1.29 is 0 Å². The molecule has 1 rings (SSSR count). The monoisotopic (exact) mass is 251 g/mol. The van der Waals surface area contributed by atoms with Crippen LogP contribution in [0.3, 0.4) is 0 Å². The zero-order valence-corrected chi connectivity index (χ0v) is 12.4. The predicted octanol–water partition coefficient (Wildman–Crippen LogP) is 2.56. The molecule has 0 heterocycles. The van der Waals surface area contributed by atoms with Crippen LogP contribution in [0.15, 0.2) is 23.5 Å². The average Bonchev–Trinajstić information content (AvgIpc) is 2.38. The first-order chi connectivity index (χ1) is 8.58. The second-order valence-corrected chi connectivity index (χ2v) is 5.27. The van der Waals surface area contributed by atoms with Crippen molar-refractivity contribution in [1.29, 1.82) is 0 Å². The van der Waals surface area contributed by atoms with Gasteiger partial charge in [0.15, 0.2) is 0 Å². The van der Waals surface area contributed by atoms with Gasteiger partial charge in [-0.05, 0) is 44.9 Å². The Morgan fingerprint density at radius 3 is 2.28 bits per heavy atom. The van der Waals surface area contributed by atoms with E-state index in [1.807, 2.05) is 6.08 Å². The quantitative estimate of drug-likeness (QED) is 0.755. The summed E-state index contributed by atoms with van der Waals surface area (Å²) in [7, 11) is 4.42. The predicted molar refractivity (Wildman–Crippen MR) is 79.2 cm³/mol. The van der Waals surface area contributed by atoms with E-state index in [-0.39, 0.29) is 0 Å². The maximum atomic E-state index is 5.78. The molecule has 0 aliphatic heterocycles. The number of nitrogens with zero attached hydrogens (tertiary/aromatic N) is 2. The summed E-state index contributed by atoms with van der Waals surface area (Å²) < 4.78 is 0. The fourth-order valence-corrected chi connectivity index (χ4v) is 2.51. The molecule has 3 heteroatoms. The molecule has 1 aliphatic rings. The largest absolute Gasteiger partial charge is 0.402 e. The number of likely N-dealkylation sites (N-methyl/N-ethyl adjacent to an activating group) is 2. The molecule has 0 fully saturated rings. The highest BCUT2D eigenvalue weighted by Gasteiger charge is 2.12. The van der Waals surface area contributed by atoms with Crippen LogP contribution in [-0.2, 0) is 0 Å². The molecule has 2 N–H and O–H groups in total. The van der Waals surface area contributed by atoms with Crippen molar-refractivity contribution in [2.75, 3.05) is 27.2 Å². The highest BCUT2D eigenvalue weighted by Crippen LogP contribution is 2.17. The number of hydrogen-bond donors (Lipinski definition) is 1. The molecule has 0 aromatic rings. The van der Waals surface area contributed by atoms with E-state index in [4.69, 9.17) is 5.73 Å². The Balaban J connectivity index is 2.39. The Hall–Kier alpha value is -0.960. The molecule has 0 saturated carbocycles. The fourth-order valence-electron chi connectivity index (χ4n) is 2.51. The van der Waals surface area contributed by atoms with Crippen LogP contribution < -0.4 is 5.73 Å². The van der Waals surface area contributed by atoms with E-state index < -0.39 is 0 Å². The van der Waals surface area contributed by atoms with E-state index in [0.717, 1.165) is 31.6 Å². The molecule has 0 unspecified atom stereocenters. The molecule has 0 saturated heterocycles. The van der Waals surface area contributed by atoms with E-state index in [1.165, 1.54) is 18.5 Å². The van der Waals surface area contributed by atoms with Crippen LogP contribution in [0.2, 0.25) is 0 Å². The molecule has 3 nitrogen and oxygen atoms in total. The highest BCUT2D eigenvalue weighted by atomic mass is 15.2. The Morgan fingerprint density at radius 2 is 1.78 bits per heavy atom. The van der Waals surface area contributed by atoms with Gasteiger partial charge in [0.1, 0.15) is 0 Å². The Kier molecular flexibility index (Phi) is 6.27. The molecule has 0 amide bonds. The molecule has 18 heavy (non-hydrogen) atoms. The van der Waals surface area contributed by atoms with Crippen LogP contribution in [-0.4, -0.2) is 43.0 Å². The molecule has 0 radical (unpaired) electrons. The summed E-state index contributed by atoms with van der Waals surface area (Å²) in [4.78, 5) is 4.84. The van der Waals surface area contributed by atoms with Gasteiger partial charge in [-0.15, -0.1) is 0 Å². The molecule has 1 aliphatic carbocycles. The Morgan fingerprint density at radius 1 is 1.11 bits per heavy atom. The van der Waals surface area contributed by atoms with Gasteiger partial charge in [0.25, 0.3) is 0 Å². The fraction of sp³-hybridized carbons (Fsp3) is 0.733. The maximum Gasteiger partial charge on any atom is 0.0299 e. The van der Waals surface area contributed by atoms with Gasteiger partial charge < -0.3 is 15.5 Å². The highest BCUT2D eigenvalue weighted by molar-refractivity contribution is 5.21. The summed E-state index contributed by atoms with van der Waals surface area (Å²) in [5, 5.41) is 0. The average molecular weight is 251 g/mol. The normalized spacial score (nSPS) is 15.9. The smallest absolute Gasteiger partial charge is 0.0299 e. The van der Waals surface area contributed by atoms with Crippen LogP contribution in [0.25, 0.3) is 0 Å². The van der Waals surface area contributed by atoms with Gasteiger partial charge in [0, 0.05) is 37.6 Å². The van der Waals surface area contributed by atoms with Gasteiger partial charge in [-0.25, -0.2) is 0 Å². The summed E-state index contributed by atoms with van der Waals surface area (Å²) in [5.74, 6) is 0. The van der Waals surface area contributed by atoms with E-state index in [1.54, 1.807) is 0 Å². The van der Waals surface area contributed by atoms with Crippen molar-refractivity contribution >= 4 is 0 Å². The topological polar surface area (TPSA) is 32.5 Å². The first kappa shape index (κ1) is 15.1. The van der Waals surface area contributed by atoms with Crippen molar-refractivity contribution in [2.24, 2.45) is 5.73 Å². The minimum atomic E-state index is 0.717. The van der Waals surface area contributed by atoms with Crippen molar-refractivity contribution in [3.8, 4) is 0 Å². The maximum absolute atomic E-state index is 5.78. The van der Waals surface area contributed by atoms with Crippen molar-refractivity contribution in [2.45, 2.75) is 45.6 Å². The van der Waals surface area contributed by atoms with E-state index in [9.17, 15) is 0 Å². The van der Waals surface area contributed by atoms with Gasteiger partial charge >= 0.3 is 0 Å². The number of rotatable bonds is 7. The van der Waals surface area contributed by atoms with Crippen molar-refractivity contribution in [3.05, 3.63) is 23.5 Å². The molecule has 0 aromatic heterocycles. The third-order valence-corrected chi connectivity index (χ3v) is 4.00. The van der Waals surface area contributed by atoms with Crippen molar-refractivity contribution in [1.82, 2.24) is 9.80 Å². The third-order valence-electron chi connectivity index (χ3n) is 4.00. The summed E-state index contributed by atoms with van der Waals surface area (Å²) in [6, 6.07) is 0.717. The van der Waals surface area contributed by atoms with E-state index in [0.29, 0.717) is 6.04 Å². The van der Waals surface area contributed by atoms with Gasteiger partial charge in [-0.1, -0.05) is 13.8 Å². The molecular weight excluding hydrogens is 222 g/mol. The summed E-state index contributed by atoms with van der Waals surface area (Å²) in [6.45, 7) is 6.75. The lowest BCUT2D eigenvalue weighted by Crippen LogP contribution is -2.37. The van der Waals surface area contributed by atoms with Crippen LogP contribution >= 0.6 is 0 Å². The SMILES string of the molecule is CCC(CC)N(C)CCN(C)C1=CC=C(N)CC1. The number of hydrogen-bond acceptors (Lipinski definition) is 3. The van der Waals surface area contributed by atoms with Gasteiger partial charge in [0.2, 0.25) is 0 Å². The molecule has 0 spiro atoms. The summed E-state index contributed by atoms with van der Waals surface area (Å²) in [5.41, 5.74) is 8.19. The zero-order valence-electron chi connectivity index (χ0n) is 12.4. The molecule has 0 aromatic carbocycles. The zero-order chi connectivity index (χ0) is 13.5. The first-order valence-electron chi connectivity index (χ1n) is 7.15. The van der Waals surface area contributed by atoms with Gasteiger partial charge in [-0.2, -0.15) is 0 Å². The molecule has 0 atom stereocenters. The number of allylic oxidation sites excluding steroid dienone is 4. The molecule has 104 valence electrons. The lowest BCUT2D eigenvalue weighted by atomic mass is 10.1. The van der Waals surface area contributed by atoms with Gasteiger partial charge in [0.05, 0.1) is 0 Å². The van der Waals surface area contributed by atoms with Crippen LogP contribution in [0.5, 0.6) is 0 Å². The first-order valence-corrected chi connectivity index (χ1v) is 7.15. The van der Waals surface area contributed by atoms with Crippen LogP contribution in [0.4, 0.5) is 0 Å². The Bertz CT molecular complexity index is 303. The molecule has 0 bridgehead atoms. The second kappa shape index (κ2) is 7.47. The lowest BCUT2D eigenvalue weighted by molar-refractivity contribution is 0.207. The second-order valence-electron chi connectivity index (χ2n) is 5.27. The van der Waals surface area contributed by atoms with E-state index >= 15 is 0 Å². The minimum Gasteiger partial charge on any atom is -0.402 e. The molecular formula is C15H29N3. The number of nitrogens with two attached hydrogens (primary N) is 1. The van der Waals surface area contributed by atoms with Crippen LogP contribution in [0, 0.1) is 0 Å². The standard InChI is InChI=1S/C15H29N3/c1-5-14(6-2)17(3)11-12-18(4)15-9-7-13(16)8-10-15/h7,9,14H,5-6,8,10-12,16H2,1-4H3. The van der Waals surface area contributed by atoms with Gasteiger partial charge in [-0.3, -0.25) is 0 Å². The van der Waals surface area contributed by atoms with Crippen LogP contribution in [0.1, 0.15) is 39.5 Å². The minimum absolute atomic E-state index is 0.717. The Labute approximate surface area is 112 Å². The summed E-state index contributed by atoms with van der Waals surface area (Å²) >= 11 is 0.